The summed E-state index contributed by atoms with van der Waals surface area (Å²) in [4.78, 5) is 19.8. The van der Waals surface area contributed by atoms with Gasteiger partial charge in [0.25, 0.3) is 5.91 Å². The predicted octanol–water partition coefficient (Wildman–Crippen LogP) is 1.39. The molecule has 1 aromatic heterocycles. The van der Waals surface area contributed by atoms with Gasteiger partial charge in [0.05, 0.1) is 23.9 Å². The van der Waals surface area contributed by atoms with Gasteiger partial charge in [-0.25, -0.2) is 4.98 Å². The second kappa shape index (κ2) is 6.20. The van der Waals surface area contributed by atoms with Gasteiger partial charge in [-0.2, -0.15) is 0 Å². The normalized spacial score (nSPS) is 20.1. The lowest BCUT2D eigenvalue weighted by atomic mass is 10.3. The SMILES string of the molecule is Cc1nc(C2CC2)sc1C(=O)NCCN1CCOCC1. The van der Waals surface area contributed by atoms with Gasteiger partial charge < -0.3 is 10.1 Å². The van der Waals surface area contributed by atoms with Crippen LogP contribution in [0.1, 0.15) is 39.1 Å². The highest BCUT2D eigenvalue weighted by molar-refractivity contribution is 7.13. The van der Waals surface area contributed by atoms with Crippen molar-refractivity contribution in [3.05, 3.63) is 15.6 Å². The first kappa shape index (κ1) is 14.0. The van der Waals surface area contributed by atoms with Gasteiger partial charge in [-0.15, -0.1) is 11.3 Å². The van der Waals surface area contributed by atoms with Crippen molar-refractivity contribution in [1.82, 2.24) is 15.2 Å². The molecule has 20 heavy (non-hydrogen) atoms. The number of carbonyl (C=O) groups excluding carboxylic acids is 1. The van der Waals surface area contributed by atoms with Crippen LogP contribution in [0.4, 0.5) is 0 Å². The Bertz CT molecular complexity index is 479. The monoisotopic (exact) mass is 295 g/mol. The molecule has 110 valence electrons. The maximum absolute atomic E-state index is 12.2. The zero-order chi connectivity index (χ0) is 13.9. The van der Waals surface area contributed by atoms with Crippen LogP contribution < -0.4 is 5.32 Å². The van der Waals surface area contributed by atoms with Crippen LogP contribution in [0.2, 0.25) is 0 Å². The Morgan fingerprint density at radius 2 is 2.20 bits per heavy atom. The third kappa shape index (κ3) is 3.37. The largest absolute Gasteiger partial charge is 0.379 e. The number of amides is 1. The van der Waals surface area contributed by atoms with E-state index in [0.29, 0.717) is 12.5 Å². The number of ether oxygens (including phenoxy) is 1. The van der Waals surface area contributed by atoms with Gasteiger partial charge in [-0.3, -0.25) is 9.69 Å². The molecule has 1 aromatic rings. The fourth-order valence-electron chi connectivity index (χ4n) is 2.37. The van der Waals surface area contributed by atoms with Gasteiger partial charge >= 0.3 is 0 Å². The van der Waals surface area contributed by atoms with E-state index >= 15 is 0 Å². The Balaban J connectivity index is 1.48. The molecule has 0 aromatic carbocycles. The maximum atomic E-state index is 12.2. The summed E-state index contributed by atoms with van der Waals surface area (Å²) in [7, 11) is 0. The Morgan fingerprint density at radius 3 is 2.90 bits per heavy atom. The molecular formula is C14H21N3O2S. The molecule has 2 heterocycles. The molecular weight excluding hydrogens is 274 g/mol. The molecule has 1 saturated heterocycles. The summed E-state index contributed by atoms with van der Waals surface area (Å²) in [5.41, 5.74) is 0.876. The first-order valence-electron chi connectivity index (χ1n) is 7.29. The molecule has 0 unspecified atom stereocenters. The molecule has 5 nitrogen and oxygen atoms in total. The summed E-state index contributed by atoms with van der Waals surface area (Å²) in [5.74, 6) is 0.647. The smallest absolute Gasteiger partial charge is 0.263 e. The molecule has 1 saturated carbocycles. The van der Waals surface area contributed by atoms with Crippen molar-refractivity contribution in [2.24, 2.45) is 0 Å². The van der Waals surface area contributed by atoms with Crippen molar-refractivity contribution >= 4 is 17.2 Å². The first-order chi connectivity index (χ1) is 9.74. The molecule has 3 rings (SSSR count). The zero-order valence-electron chi connectivity index (χ0n) is 11.9. The number of aromatic nitrogens is 1. The lowest BCUT2D eigenvalue weighted by Gasteiger charge is -2.26. The number of carbonyl (C=O) groups is 1. The molecule has 1 aliphatic heterocycles. The molecule has 2 fully saturated rings. The molecule has 0 bridgehead atoms. The summed E-state index contributed by atoms with van der Waals surface area (Å²) in [6.07, 6.45) is 2.45. The van der Waals surface area contributed by atoms with E-state index in [2.05, 4.69) is 15.2 Å². The van der Waals surface area contributed by atoms with Crippen molar-refractivity contribution in [2.45, 2.75) is 25.7 Å². The third-order valence-electron chi connectivity index (χ3n) is 3.76. The molecule has 6 heteroatoms. The van der Waals surface area contributed by atoms with Crippen molar-refractivity contribution in [3.8, 4) is 0 Å². The topological polar surface area (TPSA) is 54.5 Å². The summed E-state index contributed by atoms with van der Waals surface area (Å²) in [6, 6.07) is 0. The quantitative estimate of drug-likeness (QED) is 0.892. The van der Waals surface area contributed by atoms with E-state index in [0.717, 1.165) is 48.4 Å². The zero-order valence-corrected chi connectivity index (χ0v) is 12.7. The van der Waals surface area contributed by atoms with Gasteiger partial charge in [-0.05, 0) is 19.8 Å². The number of morpholine rings is 1. The highest BCUT2D eigenvalue weighted by Crippen LogP contribution is 2.42. The minimum absolute atomic E-state index is 0.0279. The molecule has 0 radical (unpaired) electrons. The van der Waals surface area contributed by atoms with Gasteiger partial charge in [0, 0.05) is 32.1 Å². The van der Waals surface area contributed by atoms with E-state index in [1.54, 1.807) is 11.3 Å². The van der Waals surface area contributed by atoms with Crippen molar-refractivity contribution < 1.29 is 9.53 Å². The van der Waals surface area contributed by atoms with Gasteiger partial charge in [0.1, 0.15) is 4.88 Å². The molecule has 2 aliphatic rings. The van der Waals surface area contributed by atoms with Crippen LogP contribution in [-0.2, 0) is 4.74 Å². The summed E-state index contributed by atoms with van der Waals surface area (Å²) < 4.78 is 5.31. The van der Waals surface area contributed by atoms with Crippen LogP contribution in [0.25, 0.3) is 0 Å². The van der Waals surface area contributed by atoms with Crippen LogP contribution in [0.5, 0.6) is 0 Å². The van der Waals surface area contributed by atoms with Crippen LogP contribution in [0, 0.1) is 6.92 Å². The number of hydrogen-bond acceptors (Lipinski definition) is 5. The van der Waals surface area contributed by atoms with Gasteiger partial charge in [0.2, 0.25) is 0 Å². The first-order valence-corrected chi connectivity index (χ1v) is 8.11. The summed E-state index contributed by atoms with van der Waals surface area (Å²) >= 11 is 1.57. The number of thiazole rings is 1. The van der Waals surface area contributed by atoms with Crippen LogP contribution >= 0.6 is 11.3 Å². The Hall–Kier alpha value is -0.980. The third-order valence-corrected chi connectivity index (χ3v) is 5.08. The van der Waals surface area contributed by atoms with Crippen molar-refractivity contribution in [2.75, 3.05) is 39.4 Å². The molecule has 1 aliphatic carbocycles. The average Bonchev–Trinajstić information content (AvgIpc) is 3.23. The minimum atomic E-state index is 0.0279. The molecule has 0 spiro atoms. The van der Waals surface area contributed by atoms with Crippen LogP contribution in [-0.4, -0.2) is 55.2 Å². The molecule has 1 amide bonds. The van der Waals surface area contributed by atoms with E-state index in [1.807, 2.05) is 6.92 Å². The average molecular weight is 295 g/mol. The lowest BCUT2D eigenvalue weighted by molar-refractivity contribution is 0.0383. The second-order valence-corrected chi connectivity index (χ2v) is 6.48. The van der Waals surface area contributed by atoms with Gasteiger partial charge in [0.15, 0.2) is 0 Å². The van der Waals surface area contributed by atoms with E-state index in [4.69, 9.17) is 4.74 Å². The fraction of sp³-hybridized carbons (Fsp3) is 0.714. The van der Waals surface area contributed by atoms with E-state index in [9.17, 15) is 4.79 Å². The number of aryl methyl sites for hydroxylation is 1. The second-order valence-electron chi connectivity index (χ2n) is 5.45. The van der Waals surface area contributed by atoms with E-state index < -0.39 is 0 Å². The number of hydrogen-bond donors (Lipinski definition) is 1. The van der Waals surface area contributed by atoms with Crippen molar-refractivity contribution in [3.63, 3.8) is 0 Å². The standard InChI is InChI=1S/C14H21N3O2S/c1-10-12(20-14(16-10)11-2-3-11)13(18)15-4-5-17-6-8-19-9-7-17/h11H,2-9H2,1H3,(H,15,18). The van der Waals surface area contributed by atoms with E-state index in [1.165, 1.54) is 12.8 Å². The Labute approximate surface area is 123 Å². The van der Waals surface area contributed by atoms with Crippen LogP contribution in [0.15, 0.2) is 0 Å². The predicted molar refractivity (Wildman–Crippen MR) is 78.4 cm³/mol. The van der Waals surface area contributed by atoms with E-state index in [-0.39, 0.29) is 5.91 Å². The molecule has 1 N–H and O–H groups in total. The Morgan fingerprint density at radius 1 is 1.45 bits per heavy atom. The number of nitrogens with one attached hydrogen (secondary N) is 1. The summed E-state index contributed by atoms with van der Waals surface area (Å²) in [5, 5.41) is 4.15. The maximum Gasteiger partial charge on any atom is 0.263 e. The number of rotatable bonds is 5. The lowest BCUT2D eigenvalue weighted by Crippen LogP contribution is -2.41. The Kier molecular flexibility index (Phi) is 4.33. The van der Waals surface area contributed by atoms with Crippen LogP contribution in [0.3, 0.4) is 0 Å². The highest BCUT2D eigenvalue weighted by atomic mass is 32.1. The summed E-state index contributed by atoms with van der Waals surface area (Å²) in [6.45, 7) is 7.03. The number of nitrogens with zero attached hydrogens (tertiary/aromatic N) is 2. The minimum Gasteiger partial charge on any atom is -0.379 e. The molecule has 0 atom stereocenters. The highest BCUT2D eigenvalue weighted by Gasteiger charge is 2.28. The van der Waals surface area contributed by atoms with Crippen molar-refractivity contribution in [1.29, 1.82) is 0 Å². The fourth-order valence-corrected chi connectivity index (χ4v) is 3.52. The van der Waals surface area contributed by atoms with Gasteiger partial charge in [-0.1, -0.05) is 0 Å².